The lowest BCUT2D eigenvalue weighted by molar-refractivity contribution is -0.128. The first kappa shape index (κ1) is 29.8. The van der Waals surface area contributed by atoms with E-state index in [9.17, 15) is 18.8 Å². The molecule has 1 amide bonds. The number of halogens is 2. The Morgan fingerprint density at radius 1 is 1.11 bits per heavy atom. The van der Waals surface area contributed by atoms with Gasteiger partial charge in [0.2, 0.25) is 5.91 Å². The second kappa shape index (κ2) is 12.7. The summed E-state index contributed by atoms with van der Waals surface area (Å²) in [7, 11) is 1.89. The molecule has 6 rings (SSSR count). The molecule has 0 aliphatic carbocycles. The Hall–Kier alpha value is -4.30. The molecule has 2 saturated heterocycles. The van der Waals surface area contributed by atoms with E-state index < -0.39 is 18.1 Å². The molecule has 1 aromatic heterocycles. The van der Waals surface area contributed by atoms with Crippen molar-refractivity contribution in [1.29, 1.82) is 5.26 Å². The summed E-state index contributed by atoms with van der Waals surface area (Å²) >= 11 is 0. The summed E-state index contributed by atoms with van der Waals surface area (Å²) in [6.07, 6.45) is 1.47. The quantitative estimate of drug-likeness (QED) is 0.370. The van der Waals surface area contributed by atoms with Gasteiger partial charge in [-0.1, -0.05) is 30.3 Å². The number of carbonyl (C=O) groups excluding carboxylic acids is 1. The van der Waals surface area contributed by atoms with Gasteiger partial charge in [-0.3, -0.25) is 9.69 Å². The van der Waals surface area contributed by atoms with Crippen LogP contribution in [-0.2, 0) is 17.8 Å². The molecule has 230 valence electrons. The molecule has 0 bridgehead atoms. The predicted molar refractivity (Wildman–Crippen MR) is 165 cm³/mol. The summed E-state index contributed by atoms with van der Waals surface area (Å²) in [5.74, 6) is 0.284. The molecule has 9 nitrogen and oxygen atoms in total. The number of fused-ring (bicyclic) bond motifs is 2. The maximum absolute atomic E-state index is 14.0. The number of nitrogens with zero attached hydrogens (tertiary/aromatic N) is 7. The topological polar surface area (TPSA) is 88.8 Å². The van der Waals surface area contributed by atoms with E-state index in [4.69, 9.17) is 14.7 Å². The van der Waals surface area contributed by atoms with Crippen LogP contribution in [0.15, 0.2) is 48.8 Å². The number of carbonyl (C=O) groups is 1. The van der Waals surface area contributed by atoms with Gasteiger partial charge in [0.1, 0.15) is 18.6 Å². The summed E-state index contributed by atoms with van der Waals surface area (Å²) in [5, 5.41) is 11.9. The lowest BCUT2D eigenvalue weighted by atomic mass is 9.99. The number of ether oxygens (including phenoxy) is 1. The van der Waals surface area contributed by atoms with Crippen LogP contribution in [0.3, 0.4) is 0 Å². The zero-order valence-corrected chi connectivity index (χ0v) is 25.1. The molecule has 11 heteroatoms. The molecule has 1 unspecified atom stereocenters. The number of amides is 1. The fraction of sp³-hybridized carbons (Fsp3) is 0.455. The number of likely N-dealkylation sites (N-methyl/N-ethyl adjacent to an activating group) is 1. The number of aromatic nitrogens is 2. The van der Waals surface area contributed by atoms with E-state index in [1.54, 1.807) is 4.90 Å². The average molecular weight is 602 g/mol. The molecule has 3 aromatic rings. The molecule has 0 saturated carbocycles. The van der Waals surface area contributed by atoms with Gasteiger partial charge in [-0.2, -0.15) is 15.2 Å². The molecular formula is C33H37F2N7O2. The van der Waals surface area contributed by atoms with E-state index in [0.29, 0.717) is 45.6 Å². The lowest BCUT2D eigenvalue weighted by Gasteiger charge is -2.42. The highest BCUT2D eigenvalue weighted by Crippen LogP contribution is 2.36. The number of rotatable bonds is 7. The van der Waals surface area contributed by atoms with Crippen LogP contribution in [0.2, 0.25) is 0 Å². The van der Waals surface area contributed by atoms with E-state index in [2.05, 4.69) is 59.2 Å². The zero-order valence-electron chi connectivity index (χ0n) is 25.1. The molecule has 44 heavy (non-hydrogen) atoms. The summed E-state index contributed by atoms with van der Waals surface area (Å²) < 4.78 is 33.0. The first-order valence-electron chi connectivity index (χ1n) is 15.2. The van der Waals surface area contributed by atoms with E-state index in [-0.39, 0.29) is 31.4 Å². The average Bonchev–Trinajstić information content (AvgIpc) is 3.35. The third-order valence-corrected chi connectivity index (χ3v) is 9.09. The number of benzene rings is 2. The lowest BCUT2D eigenvalue weighted by Crippen LogP contribution is -2.55. The van der Waals surface area contributed by atoms with Gasteiger partial charge in [-0.15, -0.1) is 0 Å². The number of alkyl halides is 1. The molecule has 4 heterocycles. The van der Waals surface area contributed by atoms with Gasteiger partial charge >= 0.3 is 6.01 Å². The normalized spacial score (nSPS) is 22.4. The standard InChI is InChI=1S/C33H37F2N7O2/c1-22-5-3-6-23-7-4-8-29(31(22)23)40-14-11-27-28(20-40)37-33(44-21-26-17-24(35)18-39(26)2)38-32(27)41-15-16-42(30(43)9-12-34)25(19-41)10-13-36/h3-9,12,24-26H,10-11,14-21H2,1-2H3/b12-9+/t24-,25?,26+/m1/s1. The van der Waals surface area contributed by atoms with Crippen LogP contribution in [0.5, 0.6) is 6.01 Å². The minimum atomic E-state index is -0.880. The number of anilines is 2. The van der Waals surface area contributed by atoms with E-state index in [1.165, 1.54) is 16.3 Å². The summed E-state index contributed by atoms with van der Waals surface area (Å²) in [6, 6.07) is 14.6. The first-order chi connectivity index (χ1) is 21.4. The molecule has 0 radical (unpaired) electrons. The number of nitriles is 1. The van der Waals surface area contributed by atoms with Crippen LogP contribution in [0.4, 0.5) is 20.3 Å². The van der Waals surface area contributed by atoms with Crippen molar-refractivity contribution in [3.8, 4) is 12.1 Å². The molecular weight excluding hydrogens is 564 g/mol. The van der Waals surface area contributed by atoms with Gasteiger partial charge in [0.25, 0.3) is 0 Å². The zero-order chi connectivity index (χ0) is 30.8. The van der Waals surface area contributed by atoms with Crippen molar-refractivity contribution in [2.24, 2.45) is 0 Å². The van der Waals surface area contributed by atoms with Gasteiger partial charge < -0.3 is 19.4 Å². The number of likely N-dealkylation sites (tertiary alicyclic amines) is 1. The first-order valence-corrected chi connectivity index (χ1v) is 15.2. The highest BCUT2D eigenvalue weighted by Gasteiger charge is 2.34. The third-order valence-electron chi connectivity index (χ3n) is 9.09. The fourth-order valence-corrected chi connectivity index (χ4v) is 6.83. The van der Waals surface area contributed by atoms with E-state index >= 15 is 0 Å². The van der Waals surface area contributed by atoms with Crippen molar-refractivity contribution >= 4 is 28.2 Å². The monoisotopic (exact) mass is 601 g/mol. The fourth-order valence-electron chi connectivity index (χ4n) is 6.83. The Balaban J connectivity index is 1.33. The second-order valence-electron chi connectivity index (χ2n) is 11.9. The highest BCUT2D eigenvalue weighted by molar-refractivity contribution is 5.97. The van der Waals surface area contributed by atoms with Crippen LogP contribution in [0.25, 0.3) is 10.8 Å². The Morgan fingerprint density at radius 2 is 1.93 bits per heavy atom. The maximum atomic E-state index is 14.0. The van der Waals surface area contributed by atoms with E-state index in [1.807, 2.05) is 11.9 Å². The van der Waals surface area contributed by atoms with Crippen molar-refractivity contribution in [3.63, 3.8) is 0 Å². The second-order valence-corrected chi connectivity index (χ2v) is 11.9. The minimum Gasteiger partial charge on any atom is -0.462 e. The smallest absolute Gasteiger partial charge is 0.318 e. The largest absolute Gasteiger partial charge is 0.462 e. The predicted octanol–water partition coefficient (Wildman–Crippen LogP) is 4.34. The third kappa shape index (κ3) is 5.91. The molecule has 3 aliphatic rings. The SMILES string of the molecule is Cc1cccc2cccc(N3CCc4c(nc(OC[C@@H]5C[C@@H](F)CN5C)nc4N4CCN(C(=O)/C=C/F)C(CC#N)C4)C3)c12. The number of hydrogen-bond acceptors (Lipinski definition) is 8. The van der Waals surface area contributed by atoms with Crippen molar-refractivity contribution < 1.29 is 18.3 Å². The van der Waals surface area contributed by atoms with Crippen molar-refractivity contribution in [3.05, 3.63) is 65.6 Å². The van der Waals surface area contributed by atoms with Crippen molar-refractivity contribution in [2.45, 2.75) is 51.0 Å². The Kier molecular flexibility index (Phi) is 8.62. The Labute approximate surface area is 256 Å². The highest BCUT2D eigenvalue weighted by atomic mass is 19.1. The van der Waals surface area contributed by atoms with Gasteiger partial charge in [0, 0.05) is 61.5 Å². The van der Waals surface area contributed by atoms with Crippen LogP contribution in [0, 0.1) is 18.3 Å². The molecule has 2 aromatic carbocycles. The molecule has 3 aliphatic heterocycles. The maximum Gasteiger partial charge on any atom is 0.318 e. The number of piperazine rings is 1. The molecule has 2 fully saturated rings. The minimum absolute atomic E-state index is 0.0682. The Bertz CT molecular complexity index is 1600. The van der Waals surface area contributed by atoms with Crippen LogP contribution < -0.4 is 14.5 Å². The summed E-state index contributed by atoms with van der Waals surface area (Å²) in [4.78, 5) is 30.3. The van der Waals surface area contributed by atoms with Crippen LogP contribution in [0.1, 0.15) is 29.7 Å². The summed E-state index contributed by atoms with van der Waals surface area (Å²) in [6.45, 7) is 5.29. The Morgan fingerprint density at radius 3 is 2.68 bits per heavy atom. The van der Waals surface area contributed by atoms with Crippen LogP contribution >= 0.6 is 0 Å². The van der Waals surface area contributed by atoms with Gasteiger partial charge in [-0.05, 0) is 43.8 Å². The van der Waals surface area contributed by atoms with Crippen LogP contribution in [-0.4, -0.2) is 90.3 Å². The van der Waals surface area contributed by atoms with Gasteiger partial charge in [-0.25, -0.2) is 8.78 Å². The van der Waals surface area contributed by atoms with Gasteiger partial charge in [0.15, 0.2) is 0 Å². The van der Waals surface area contributed by atoms with Gasteiger partial charge in [0.05, 0.1) is 37.1 Å². The molecule has 3 atom stereocenters. The summed E-state index contributed by atoms with van der Waals surface area (Å²) in [5.41, 5.74) is 4.24. The van der Waals surface area contributed by atoms with Crippen molar-refractivity contribution in [1.82, 2.24) is 19.8 Å². The van der Waals surface area contributed by atoms with Crippen molar-refractivity contribution in [2.75, 3.05) is 56.2 Å². The number of hydrogen-bond donors (Lipinski definition) is 0. The molecule has 0 spiro atoms. The van der Waals surface area contributed by atoms with E-state index in [0.717, 1.165) is 35.4 Å². The number of aryl methyl sites for hydroxylation is 1. The molecule has 0 N–H and O–H groups in total.